The topological polar surface area (TPSA) is 40.2 Å². The van der Waals surface area contributed by atoms with Gasteiger partial charge in [-0.3, -0.25) is 0 Å². The highest BCUT2D eigenvalue weighted by atomic mass is 16.5. The molecule has 0 saturated heterocycles. The molecule has 2 aromatic rings. The van der Waals surface area contributed by atoms with Gasteiger partial charge in [0.1, 0.15) is 5.75 Å². The first kappa shape index (κ1) is 14.2. The second kappa shape index (κ2) is 5.94. The van der Waals surface area contributed by atoms with Crippen LogP contribution in [0.1, 0.15) is 47.6 Å². The molecule has 0 radical (unpaired) electrons. The Morgan fingerprint density at radius 2 is 2.14 bits per heavy atom. The highest BCUT2D eigenvalue weighted by molar-refractivity contribution is 5.38. The molecule has 1 aliphatic rings. The molecule has 3 heteroatoms. The standard InChI is InChI=1S/C18H24N2O/c1-13-7-8-18(21-2)15(9-13)11-20-10-14-5-3-4-6-17(19)16(14)12-20/h7-10,12,17H,3-6,11,19H2,1-2H3. The van der Waals surface area contributed by atoms with Crippen molar-refractivity contribution in [3.8, 4) is 5.75 Å². The maximum absolute atomic E-state index is 6.30. The number of nitrogens with zero attached hydrogens (tertiary/aromatic N) is 1. The van der Waals surface area contributed by atoms with Crippen LogP contribution >= 0.6 is 0 Å². The van der Waals surface area contributed by atoms with E-state index in [0.717, 1.165) is 25.1 Å². The molecule has 1 unspecified atom stereocenters. The molecule has 1 atom stereocenters. The molecule has 1 aromatic heterocycles. The third-order valence-corrected chi connectivity index (χ3v) is 4.40. The van der Waals surface area contributed by atoms with Crippen molar-refractivity contribution in [1.82, 2.24) is 4.57 Å². The molecule has 21 heavy (non-hydrogen) atoms. The first-order valence-electron chi connectivity index (χ1n) is 7.75. The summed E-state index contributed by atoms with van der Waals surface area (Å²) in [6, 6.07) is 6.53. The Morgan fingerprint density at radius 3 is 2.95 bits per heavy atom. The van der Waals surface area contributed by atoms with Crippen LogP contribution in [-0.2, 0) is 13.0 Å². The molecular weight excluding hydrogens is 260 g/mol. The zero-order valence-electron chi connectivity index (χ0n) is 12.9. The Hall–Kier alpha value is -1.74. The summed E-state index contributed by atoms with van der Waals surface area (Å²) in [5.41, 5.74) is 11.5. The molecule has 1 aromatic carbocycles. The molecule has 0 aliphatic heterocycles. The van der Waals surface area contributed by atoms with Crippen molar-refractivity contribution in [2.45, 2.75) is 45.2 Å². The molecule has 2 N–H and O–H groups in total. The minimum atomic E-state index is 0.197. The van der Waals surface area contributed by atoms with E-state index in [4.69, 9.17) is 10.5 Å². The van der Waals surface area contributed by atoms with Crippen molar-refractivity contribution in [2.75, 3.05) is 7.11 Å². The van der Waals surface area contributed by atoms with Crippen LogP contribution in [0.3, 0.4) is 0 Å². The van der Waals surface area contributed by atoms with Crippen molar-refractivity contribution < 1.29 is 4.74 Å². The maximum Gasteiger partial charge on any atom is 0.123 e. The van der Waals surface area contributed by atoms with Crippen LogP contribution in [-0.4, -0.2) is 11.7 Å². The van der Waals surface area contributed by atoms with Crippen molar-refractivity contribution in [3.63, 3.8) is 0 Å². The maximum atomic E-state index is 6.30. The first-order valence-corrected chi connectivity index (χ1v) is 7.75. The van der Waals surface area contributed by atoms with E-state index in [9.17, 15) is 0 Å². The van der Waals surface area contributed by atoms with Gasteiger partial charge in [-0.05, 0) is 43.4 Å². The summed E-state index contributed by atoms with van der Waals surface area (Å²) in [5.74, 6) is 0.953. The zero-order valence-corrected chi connectivity index (χ0v) is 12.9. The van der Waals surface area contributed by atoms with E-state index in [1.807, 2.05) is 6.07 Å². The minimum absolute atomic E-state index is 0.197. The lowest BCUT2D eigenvalue weighted by Gasteiger charge is -2.11. The predicted octanol–water partition coefficient (Wildman–Crippen LogP) is 3.58. The van der Waals surface area contributed by atoms with Crippen LogP contribution in [0.25, 0.3) is 0 Å². The Kier molecular flexibility index (Phi) is 4.02. The molecule has 112 valence electrons. The summed E-state index contributed by atoms with van der Waals surface area (Å²) in [7, 11) is 1.73. The summed E-state index contributed by atoms with van der Waals surface area (Å²) in [6.45, 7) is 2.95. The number of methoxy groups -OCH3 is 1. The van der Waals surface area contributed by atoms with E-state index in [2.05, 4.69) is 36.0 Å². The highest BCUT2D eigenvalue weighted by Gasteiger charge is 2.17. The third kappa shape index (κ3) is 2.98. The van der Waals surface area contributed by atoms with Crippen molar-refractivity contribution in [2.24, 2.45) is 5.73 Å². The van der Waals surface area contributed by atoms with Crippen LogP contribution in [0.5, 0.6) is 5.75 Å². The summed E-state index contributed by atoms with van der Waals surface area (Å²) in [6.07, 6.45) is 9.24. The number of rotatable bonds is 3. The molecule has 3 rings (SSSR count). The SMILES string of the molecule is COc1ccc(C)cc1Cn1cc2c(c1)C(N)CCCC2. The van der Waals surface area contributed by atoms with Crippen LogP contribution in [0, 0.1) is 6.92 Å². The van der Waals surface area contributed by atoms with Gasteiger partial charge in [0.05, 0.1) is 13.7 Å². The lowest BCUT2D eigenvalue weighted by molar-refractivity contribution is 0.408. The number of benzene rings is 1. The van der Waals surface area contributed by atoms with Gasteiger partial charge in [0, 0.05) is 24.0 Å². The summed E-state index contributed by atoms with van der Waals surface area (Å²) >= 11 is 0. The van der Waals surface area contributed by atoms with Crippen LogP contribution in [0.4, 0.5) is 0 Å². The molecule has 0 saturated carbocycles. The number of aromatic nitrogens is 1. The Morgan fingerprint density at radius 1 is 1.29 bits per heavy atom. The van der Waals surface area contributed by atoms with Gasteiger partial charge in [-0.15, -0.1) is 0 Å². The average molecular weight is 284 g/mol. The average Bonchev–Trinajstić information content (AvgIpc) is 2.79. The fourth-order valence-corrected chi connectivity index (χ4v) is 3.27. The van der Waals surface area contributed by atoms with Gasteiger partial charge in [0.2, 0.25) is 0 Å². The number of fused-ring (bicyclic) bond motifs is 1. The van der Waals surface area contributed by atoms with E-state index >= 15 is 0 Å². The van der Waals surface area contributed by atoms with Gasteiger partial charge in [-0.25, -0.2) is 0 Å². The fourth-order valence-electron chi connectivity index (χ4n) is 3.27. The predicted molar refractivity (Wildman–Crippen MR) is 85.7 cm³/mol. The lowest BCUT2D eigenvalue weighted by Crippen LogP contribution is -2.09. The van der Waals surface area contributed by atoms with E-state index in [0.29, 0.717) is 0 Å². The molecule has 0 bridgehead atoms. The van der Waals surface area contributed by atoms with E-state index in [-0.39, 0.29) is 6.04 Å². The molecule has 0 spiro atoms. The number of nitrogens with two attached hydrogens (primary N) is 1. The van der Waals surface area contributed by atoms with Gasteiger partial charge in [0.15, 0.2) is 0 Å². The van der Waals surface area contributed by atoms with Crippen LogP contribution < -0.4 is 10.5 Å². The Labute approximate surface area is 126 Å². The number of ether oxygens (including phenoxy) is 1. The van der Waals surface area contributed by atoms with E-state index in [1.165, 1.54) is 35.1 Å². The van der Waals surface area contributed by atoms with Crippen LogP contribution in [0.2, 0.25) is 0 Å². The molecule has 1 heterocycles. The van der Waals surface area contributed by atoms with Gasteiger partial charge < -0.3 is 15.0 Å². The lowest BCUT2D eigenvalue weighted by atomic mass is 10.1. The van der Waals surface area contributed by atoms with Crippen molar-refractivity contribution in [1.29, 1.82) is 0 Å². The Balaban J connectivity index is 1.89. The quantitative estimate of drug-likeness (QED) is 0.875. The molecule has 0 amide bonds. The van der Waals surface area contributed by atoms with Gasteiger partial charge in [-0.2, -0.15) is 0 Å². The summed E-state index contributed by atoms with van der Waals surface area (Å²) in [5, 5.41) is 0. The first-order chi connectivity index (χ1) is 10.2. The van der Waals surface area contributed by atoms with Gasteiger partial charge in [-0.1, -0.05) is 24.1 Å². The number of aryl methyl sites for hydroxylation is 2. The molecule has 3 nitrogen and oxygen atoms in total. The van der Waals surface area contributed by atoms with Crippen molar-refractivity contribution in [3.05, 3.63) is 52.8 Å². The number of hydrogen-bond acceptors (Lipinski definition) is 2. The van der Waals surface area contributed by atoms with Crippen LogP contribution in [0.15, 0.2) is 30.6 Å². The van der Waals surface area contributed by atoms with Gasteiger partial charge >= 0.3 is 0 Å². The number of hydrogen-bond donors (Lipinski definition) is 1. The summed E-state index contributed by atoms with van der Waals surface area (Å²) in [4.78, 5) is 0. The minimum Gasteiger partial charge on any atom is -0.496 e. The van der Waals surface area contributed by atoms with Gasteiger partial charge in [0.25, 0.3) is 0 Å². The monoisotopic (exact) mass is 284 g/mol. The fraction of sp³-hybridized carbons (Fsp3) is 0.444. The largest absolute Gasteiger partial charge is 0.496 e. The second-order valence-electron chi connectivity index (χ2n) is 6.08. The second-order valence-corrected chi connectivity index (χ2v) is 6.08. The van der Waals surface area contributed by atoms with E-state index in [1.54, 1.807) is 7.11 Å². The Bertz CT molecular complexity index is 630. The normalized spacial score (nSPS) is 18.1. The third-order valence-electron chi connectivity index (χ3n) is 4.40. The highest BCUT2D eigenvalue weighted by Crippen LogP contribution is 2.29. The summed E-state index contributed by atoms with van der Waals surface area (Å²) < 4.78 is 7.73. The molecule has 0 fully saturated rings. The molecular formula is C18H24N2O. The van der Waals surface area contributed by atoms with E-state index < -0.39 is 0 Å². The zero-order chi connectivity index (χ0) is 14.8. The van der Waals surface area contributed by atoms with Crippen molar-refractivity contribution >= 4 is 0 Å². The smallest absolute Gasteiger partial charge is 0.123 e. The molecule has 1 aliphatic carbocycles.